The maximum Gasteiger partial charge on any atom is 0.170 e. The molecule has 1 heterocycles. The number of carbonyl (C=O) groups is 1. The summed E-state index contributed by atoms with van der Waals surface area (Å²) in [5.41, 5.74) is 6.85. The summed E-state index contributed by atoms with van der Waals surface area (Å²) in [4.78, 5) is 15.9. The van der Waals surface area contributed by atoms with Crippen molar-refractivity contribution in [3.8, 4) is 0 Å². The number of carbonyl (C=O) groups excluding carboxylic acids is 1. The molecule has 1 aromatic heterocycles. The molecule has 5 heteroatoms. The van der Waals surface area contributed by atoms with Crippen LogP contribution < -0.4 is 5.73 Å². The van der Waals surface area contributed by atoms with Crippen LogP contribution in [0.15, 0.2) is 41.1 Å². The van der Waals surface area contributed by atoms with Gasteiger partial charge >= 0.3 is 0 Å². The molecule has 0 bridgehead atoms. The van der Waals surface area contributed by atoms with Gasteiger partial charge in [0.25, 0.3) is 0 Å². The lowest BCUT2D eigenvalue weighted by Gasteiger charge is -2.05. The summed E-state index contributed by atoms with van der Waals surface area (Å²) in [5, 5.41) is 0. The van der Waals surface area contributed by atoms with Crippen LogP contribution in [0.2, 0.25) is 0 Å². The summed E-state index contributed by atoms with van der Waals surface area (Å²) in [6, 6.07) is 5.87. The first kappa shape index (κ1) is 12.7. The molecule has 0 aliphatic carbocycles. The molecule has 0 spiro atoms. The van der Waals surface area contributed by atoms with Crippen LogP contribution in [-0.4, -0.2) is 10.8 Å². The number of pyridine rings is 1. The summed E-state index contributed by atoms with van der Waals surface area (Å²) in [5.74, 6) is -0.862. The van der Waals surface area contributed by atoms with Gasteiger partial charge in [-0.3, -0.25) is 9.78 Å². The first-order chi connectivity index (χ1) is 8.58. The smallest absolute Gasteiger partial charge is 0.170 e. The van der Waals surface area contributed by atoms with Crippen LogP contribution in [0.5, 0.6) is 0 Å². The molecule has 2 rings (SSSR count). The Morgan fingerprint density at radius 2 is 2.17 bits per heavy atom. The molecular formula is C13H10BrFN2O. The Kier molecular flexibility index (Phi) is 3.72. The van der Waals surface area contributed by atoms with Gasteiger partial charge in [-0.25, -0.2) is 4.39 Å². The minimum Gasteiger partial charge on any atom is -0.398 e. The number of hydrogen-bond acceptors (Lipinski definition) is 3. The zero-order valence-electron chi connectivity index (χ0n) is 9.36. The normalized spacial score (nSPS) is 10.3. The fourth-order valence-electron chi connectivity index (χ4n) is 1.57. The van der Waals surface area contributed by atoms with Crippen LogP contribution in [0.1, 0.15) is 15.9 Å². The van der Waals surface area contributed by atoms with E-state index in [4.69, 9.17) is 5.73 Å². The van der Waals surface area contributed by atoms with Crippen molar-refractivity contribution >= 4 is 27.4 Å². The van der Waals surface area contributed by atoms with Crippen LogP contribution in [-0.2, 0) is 6.42 Å². The van der Waals surface area contributed by atoms with Crippen LogP contribution in [0.25, 0.3) is 0 Å². The Morgan fingerprint density at radius 1 is 1.39 bits per heavy atom. The second-order valence-corrected chi connectivity index (χ2v) is 4.71. The van der Waals surface area contributed by atoms with Crippen LogP contribution >= 0.6 is 15.9 Å². The Balaban J connectivity index is 2.28. The third-order valence-corrected chi connectivity index (χ3v) is 3.01. The lowest BCUT2D eigenvalue weighted by molar-refractivity contribution is 0.0989. The number of nitrogen functional groups attached to an aromatic ring is 1. The summed E-state index contributed by atoms with van der Waals surface area (Å²) in [7, 11) is 0. The second-order valence-electron chi connectivity index (χ2n) is 3.80. The zero-order chi connectivity index (χ0) is 13.1. The summed E-state index contributed by atoms with van der Waals surface area (Å²) in [6.07, 6.45) is 3.10. The van der Waals surface area contributed by atoms with Crippen molar-refractivity contribution in [2.75, 3.05) is 5.73 Å². The van der Waals surface area contributed by atoms with Gasteiger partial charge in [0.1, 0.15) is 5.82 Å². The Hall–Kier alpha value is -1.75. The van der Waals surface area contributed by atoms with Crippen LogP contribution in [0.4, 0.5) is 10.1 Å². The molecule has 0 unspecified atom stereocenters. The second kappa shape index (κ2) is 5.27. The topological polar surface area (TPSA) is 56.0 Å². The standard InChI is InChI=1S/C13H10BrFN2O/c14-9-1-2-11(15)10(6-9)13(18)5-8-7-17-4-3-12(8)16/h1-4,6-7H,5H2,(H2,16,17). The molecule has 0 amide bonds. The Bertz CT molecular complexity index is 601. The SMILES string of the molecule is Nc1ccncc1CC(=O)c1cc(Br)ccc1F. The number of ketones is 1. The highest BCUT2D eigenvalue weighted by Gasteiger charge is 2.14. The van der Waals surface area contributed by atoms with E-state index in [2.05, 4.69) is 20.9 Å². The van der Waals surface area contributed by atoms with Crippen molar-refractivity contribution in [3.63, 3.8) is 0 Å². The molecule has 0 saturated heterocycles. The molecule has 0 fully saturated rings. The number of hydrogen-bond donors (Lipinski definition) is 1. The summed E-state index contributed by atoms with van der Waals surface area (Å²) >= 11 is 3.21. The van der Waals surface area contributed by atoms with Gasteiger partial charge in [0.2, 0.25) is 0 Å². The summed E-state index contributed by atoms with van der Waals surface area (Å²) < 4.78 is 14.2. The largest absolute Gasteiger partial charge is 0.398 e. The molecule has 92 valence electrons. The van der Waals surface area contributed by atoms with E-state index in [0.717, 1.165) is 0 Å². The monoisotopic (exact) mass is 308 g/mol. The third-order valence-electron chi connectivity index (χ3n) is 2.52. The van der Waals surface area contributed by atoms with E-state index in [1.165, 1.54) is 18.3 Å². The third kappa shape index (κ3) is 2.73. The Labute approximate surface area is 112 Å². The van der Waals surface area contributed by atoms with Crippen molar-refractivity contribution in [3.05, 3.63) is 58.1 Å². The van der Waals surface area contributed by atoms with Crippen molar-refractivity contribution in [2.24, 2.45) is 0 Å². The van der Waals surface area contributed by atoms with E-state index in [0.29, 0.717) is 15.7 Å². The number of Topliss-reactive ketones (excluding diaryl/α,β-unsaturated/α-hetero) is 1. The van der Waals surface area contributed by atoms with E-state index in [1.807, 2.05) is 0 Å². The van der Waals surface area contributed by atoms with E-state index >= 15 is 0 Å². The van der Waals surface area contributed by atoms with Gasteiger partial charge < -0.3 is 5.73 Å². The highest BCUT2D eigenvalue weighted by Crippen LogP contribution is 2.19. The van der Waals surface area contributed by atoms with Crippen LogP contribution in [0.3, 0.4) is 0 Å². The first-order valence-electron chi connectivity index (χ1n) is 5.24. The number of anilines is 1. The van der Waals surface area contributed by atoms with E-state index in [1.54, 1.807) is 18.3 Å². The average molecular weight is 309 g/mol. The van der Waals surface area contributed by atoms with Gasteiger partial charge in [-0.1, -0.05) is 15.9 Å². The molecule has 0 saturated carbocycles. The highest BCUT2D eigenvalue weighted by molar-refractivity contribution is 9.10. The molecule has 1 aromatic carbocycles. The van der Waals surface area contributed by atoms with Crippen molar-refractivity contribution in [2.45, 2.75) is 6.42 Å². The molecule has 18 heavy (non-hydrogen) atoms. The zero-order valence-corrected chi connectivity index (χ0v) is 10.9. The van der Waals surface area contributed by atoms with Gasteiger partial charge in [0, 0.05) is 34.5 Å². The molecule has 0 aliphatic heterocycles. The number of nitrogens with two attached hydrogens (primary N) is 1. The number of rotatable bonds is 3. The van der Waals surface area contributed by atoms with E-state index in [-0.39, 0.29) is 17.8 Å². The minimum atomic E-state index is -0.536. The van der Waals surface area contributed by atoms with Crippen molar-refractivity contribution in [1.29, 1.82) is 0 Å². The fraction of sp³-hybridized carbons (Fsp3) is 0.0769. The molecule has 2 N–H and O–H groups in total. The molecule has 2 aromatic rings. The highest BCUT2D eigenvalue weighted by atomic mass is 79.9. The predicted octanol–water partition coefficient (Wildman–Crippen LogP) is 2.99. The van der Waals surface area contributed by atoms with Gasteiger partial charge in [-0.15, -0.1) is 0 Å². The molecular weight excluding hydrogens is 299 g/mol. The minimum absolute atomic E-state index is 0.0348. The van der Waals surface area contributed by atoms with Gasteiger partial charge in [-0.2, -0.15) is 0 Å². The molecule has 3 nitrogen and oxygen atoms in total. The number of benzene rings is 1. The predicted molar refractivity (Wildman–Crippen MR) is 70.8 cm³/mol. The van der Waals surface area contributed by atoms with Gasteiger partial charge in [0.05, 0.1) is 5.56 Å². The number of halogens is 2. The van der Waals surface area contributed by atoms with E-state index < -0.39 is 5.82 Å². The molecule has 0 aliphatic rings. The quantitative estimate of drug-likeness (QED) is 0.887. The maximum absolute atomic E-state index is 13.5. The van der Waals surface area contributed by atoms with Crippen molar-refractivity contribution < 1.29 is 9.18 Å². The van der Waals surface area contributed by atoms with Gasteiger partial charge in [0.15, 0.2) is 5.78 Å². The number of aromatic nitrogens is 1. The maximum atomic E-state index is 13.5. The van der Waals surface area contributed by atoms with Crippen LogP contribution in [0, 0.1) is 5.82 Å². The lowest BCUT2D eigenvalue weighted by Crippen LogP contribution is -2.08. The summed E-state index contributed by atoms with van der Waals surface area (Å²) in [6.45, 7) is 0. The van der Waals surface area contributed by atoms with Gasteiger partial charge in [-0.05, 0) is 24.3 Å². The number of nitrogens with zero attached hydrogens (tertiary/aromatic N) is 1. The fourth-order valence-corrected chi connectivity index (χ4v) is 1.93. The Morgan fingerprint density at radius 3 is 2.89 bits per heavy atom. The molecule has 0 atom stereocenters. The van der Waals surface area contributed by atoms with E-state index in [9.17, 15) is 9.18 Å². The van der Waals surface area contributed by atoms with Crippen molar-refractivity contribution in [1.82, 2.24) is 4.98 Å². The average Bonchev–Trinajstić information content (AvgIpc) is 2.35. The lowest BCUT2D eigenvalue weighted by atomic mass is 10.0. The first-order valence-corrected chi connectivity index (χ1v) is 6.04. The molecule has 0 radical (unpaired) electrons.